The highest BCUT2D eigenvalue weighted by Crippen LogP contribution is 2.30. The molecule has 35 heavy (non-hydrogen) atoms. The van der Waals surface area contributed by atoms with Gasteiger partial charge in [0.25, 0.3) is 5.56 Å². The van der Waals surface area contributed by atoms with Crippen LogP contribution in [-0.4, -0.2) is 16.2 Å². The second kappa shape index (κ2) is 9.43. The van der Waals surface area contributed by atoms with Crippen LogP contribution in [0.3, 0.4) is 0 Å². The van der Waals surface area contributed by atoms with Crippen molar-refractivity contribution in [3.05, 3.63) is 104 Å². The molecule has 0 amide bonds. The second-order valence-corrected chi connectivity index (χ2v) is 9.18. The summed E-state index contributed by atoms with van der Waals surface area (Å²) in [4.78, 5) is 30.7. The van der Waals surface area contributed by atoms with Crippen molar-refractivity contribution in [3.8, 4) is 11.4 Å². The van der Waals surface area contributed by atoms with Gasteiger partial charge in [0, 0.05) is 17.2 Å². The molecule has 7 heteroatoms. The lowest BCUT2D eigenvalue weighted by molar-refractivity contribution is 0.340. The Hall–Kier alpha value is -3.84. The van der Waals surface area contributed by atoms with Crippen LogP contribution in [0.5, 0.6) is 5.75 Å². The molecule has 0 fully saturated rings. The van der Waals surface area contributed by atoms with Crippen LogP contribution in [0.2, 0.25) is 0 Å². The zero-order valence-corrected chi connectivity index (χ0v) is 20.5. The zero-order chi connectivity index (χ0) is 24.5. The van der Waals surface area contributed by atoms with Crippen LogP contribution in [0.25, 0.3) is 27.6 Å². The number of thioether (sulfide) groups is 1. The summed E-state index contributed by atoms with van der Waals surface area (Å²) in [5, 5.41) is 1.97. The monoisotopic (exact) mass is 484 g/mol. The number of hydrogen-bond donors (Lipinski definition) is 0. The first-order valence-electron chi connectivity index (χ1n) is 11.4. The Morgan fingerprint density at radius 2 is 1.74 bits per heavy atom. The number of rotatable bonds is 6. The fourth-order valence-corrected chi connectivity index (χ4v) is 5.08. The lowest BCUT2D eigenvalue weighted by Crippen LogP contribution is -2.21. The molecule has 0 aliphatic rings. The van der Waals surface area contributed by atoms with Gasteiger partial charge in [0.05, 0.1) is 23.2 Å². The van der Waals surface area contributed by atoms with Gasteiger partial charge in [-0.3, -0.25) is 9.36 Å². The van der Waals surface area contributed by atoms with E-state index in [1.165, 1.54) is 17.8 Å². The third-order valence-electron chi connectivity index (χ3n) is 6.03. The average Bonchev–Trinajstić information content (AvgIpc) is 2.86. The van der Waals surface area contributed by atoms with E-state index in [2.05, 4.69) is 0 Å². The first-order valence-corrected chi connectivity index (χ1v) is 12.4. The van der Waals surface area contributed by atoms with Crippen molar-refractivity contribution in [2.75, 3.05) is 6.61 Å². The number of aryl methyl sites for hydroxylation is 2. The summed E-state index contributed by atoms with van der Waals surface area (Å²) in [6, 6.07) is 20.2. The number of nitrogens with zero attached hydrogens (tertiary/aromatic N) is 2. The summed E-state index contributed by atoms with van der Waals surface area (Å²) in [5.41, 5.74) is 4.23. The van der Waals surface area contributed by atoms with Gasteiger partial charge in [-0.1, -0.05) is 36.0 Å². The Labute approximate surface area is 206 Å². The molecule has 2 heterocycles. The highest BCUT2D eigenvalue weighted by molar-refractivity contribution is 7.98. The summed E-state index contributed by atoms with van der Waals surface area (Å²) in [6.45, 7) is 6.43. The summed E-state index contributed by atoms with van der Waals surface area (Å²) >= 11 is 1.41. The zero-order valence-electron chi connectivity index (χ0n) is 19.7. The Kier molecular flexibility index (Phi) is 6.17. The summed E-state index contributed by atoms with van der Waals surface area (Å²) < 4.78 is 12.7. The van der Waals surface area contributed by atoms with E-state index in [0.717, 1.165) is 27.8 Å². The number of fused-ring (bicyclic) bond motifs is 2. The third kappa shape index (κ3) is 4.35. The van der Waals surface area contributed by atoms with E-state index >= 15 is 0 Å². The quantitative estimate of drug-likeness (QED) is 0.172. The summed E-state index contributed by atoms with van der Waals surface area (Å²) in [7, 11) is 0. The number of hydrogen-bond acceptors (Lipinski definition) is 6. The van der Waals surface area contributed by atoms with Crippen molar-refractivity contribution in [1.82, 2.24) is 9.55 Å². The molecular formula is C28H24N2O4S. The van der Waals surface area contributed by atoms with E-state index in [1.807, 2.05) is 75.4 Å². The molecule has 0 saturated heterocycles. The van der Waals surface area contributed by atoms with Crippen molar-refractivity contribution in [2.24, 2.45) is 0 Å². The molecule has 2 aromatic heterocycles. The highest BCUT2D eigenvalue weighted by atomic mass is 32.2. The predicted octanol–water partition coefficient (Wildman–Crippen LogP) is 5.80. The minimum atomic E-state index is -0.392. The molecule has 5 aromatic rings. The van der Waals surface area contributed by atoms with Gasteiger partial charge in [-0.2, -0.15) is 0 Å². The Morgan fingerprint density at radius 1 is 0.971 bits per heavy atom. The number of benzene rings is 3. The molecule has 0 aliphatic heterocycles. The van der Waals surface area contributed by atoms with E-state index in [9.17, 15) is 9.59 Å². The number of aromatic nitrogens is 2. The Bertz CT molecular complexity index is 1670. The van der Waals surface area contributed by atoms with Gasteiger partial charge in [-0.05, 0) is 73.9 Å². The standard InChI is InChI=1S/C28H24N2O4S/c1-4-33-21-12-10-20(11-13-21)30-27(32)23-7-5-6-8-24(23)29-28(30)35-16-19-15-25(31)34-26-18(3)17(2)9-14-22(19)26/h5-15H,4,16H2,1-3H3. The van der Waals surface area contributed by atoms with Gasteiger partial charge in [0.1, 0.15) is 11.3 Å². The minimum absolute atomic E-state index is 0.147. The van der Waals surface area contributed by atoms with Crippen molar-refractivity contribution >= 4 is 33.6 Å². The second-order valence-electron chi connectivity index (χ2n) is 8.24. The Morgan fingerprint density at radius 3 is 2.51 bits per heavy atom. The van der Waals surface area contributed by atoms with Gasteiger partial charge in [0.15, 0.2) is 5.16 Å². The van der Waals surface area contributed by atoms with Crippen LogP contribution >= 0.6 is 11.8 Å². The molecule has 0 radical (unpaired) electrons. The third-order valence-corrected chi connectivity index (χ3v) is 7.01. The van der Waals surface area contributed by atoms with Gasteiger partial charge >= 0.3 is 5.63 Å². The van der Waals surface area contributed by atoms with Crippen LogP contribution in [0.4, 0.5) is 0 Å². The van der Waals surface area contributed by atoms with Gasteiger partial charge in [-0.15, -0.1) is 0 Å². The van der Waals surface area contributed by atoms with Crippen molar-refractivity contribution < 1.29 is 9.15 Å². The topological polar surface area (TPSA) is 74.3 Å². The lowest BCUT2D eigenvalue weighted by atomic mass is 10.0. The smallest absolute Gasteiger partial charge is 0.336 e. The fourth-order valence-electron chi connectivity index (χ4n) is 4.08. The Balaban J connectivity index is 1.62. The number of para-hydroxylation sites is 1. The van der Waals surface area contributed by atoms with E-state index in [-0.39, 0.29) is 5.56 Å². The molecule has 0 unspecified atom stereocenters. The molecule has 0 N–H and O–H groups in total. The molecule has 3 aromatic carbocycles. The van der Waals surface area contributed by atoms with E-state index in [1.54, 1.807) is 10.6 Å². The minimum Gasteiger partial charge on any atom is -0.494 e. The van der Waals surface area contributed by atoms with Crippen molar-refractivity contribution in [1.29, 1.82) is 0 Å². The predicted molar refractivity (Wildman–Crippen MR) is 140 cm³/mol. The van der Waals surface area contributed by atoms with Gasteiger partial charge < -0.3 is 9.15 Å². The molecule has 5 rings (SSSR count). The van der Waals surface area contributed by atoms with Crippen LogP contribution < -0.4 is 15.9 Å². The lowest BCUT2D eigenvalue weighted by Gasteiger charge is -2.14. The first kappa shape index (κ1) is 22.9. The number of ether oxygens (including phenoxy) is 1. The maximum absolute atomic E-state index is 13.5. The normalized spacial score (nSPS) is 11.3. The van der Waals surface area contributed by atoms with Crippen LogP contribution in [-0.2, 0) is 5.75 Å². The van der Waals surface area contributed by atoms with Crippen molar-refractivity contribution in [3.63, 3.8) is 0 Å². The molecule has 176 valence electrons. The molecular weight excluding hydrogens is 460 g/mol. The summed E-state index contributed by atoms with van der Waals surface area (Å²) in [6.07, 6.45) is 0. The first-order chi connectivity index (χ1) is 17.0. The summed E-state index contributed by atoms with van der Waals surface area (Å²) in [5.74, 6) is 1.19. The molecule has 0 spiro atoms. The van der Waals surface area contributed by atoms with Crippen molar-refractivity contribution in [2.45, 2.75) is 31.7 Å². The van der Waals surface area contributed by atoms with Crippen LogP contribution in [0.15, 0.2) is 85.9 Å². The molecule has 0 bridgehead atoms. The molecule has 0 aliphatic carbocycles. The van der Waals surface area contributed by atoms with E-state index < -0.39 is 5.63 Å². The average molecular weight is 485 g/mol. The highest BCUT2D eigenvalue weighted by Gasteiger charge is 2.16. The van der Waals surface area contributed by atoms with E-state index in [4.69, 9.17) is 14.1 Å². The molecule has 6 nitrogen and oxygen atoms in total. The van der Waals surface area contributed by atoms with E-state index in [0.29, 0.717) is 39.7 Å². The molecule has 0 atom stereocenters. The van der Waals surface area contributed by atoms with Crippen LogP contribution in [0, 0.1) is 13.8 Å². The van der Waals surface area contributed by atoms with Gasteiger partial charge in [0.2, 0.25) is 0 Å². The maximum Gasteiger partial charge on any atom is 0.336 e. The molecule has 0 saturated carbocycles. The largest absolute Gasteiger partial charge is 0.494 e. The van der Waals surface area contributed by atoms with Crippen LogP contribution in [0.1, 0.15) is 23.6 Å². The SMILES string of the molecule is CCOc1ccc(-n2c(SCc3cc(=O)oc4c(C)c(C)ccc34)nc3ccccc3c2=O)cc1. The van der Waals surface area contributed by atoms with Gasteiger partial charge in [-0.25, -0.2) is 9.78 Å². The fraction of sp³-hybridized carbons (Fsp3) is 0.179. The maximum atomic E-state index is 13.5.